The standard InChI is InChI=1S/C26H31FN2O2/c27-24-14-12-21(13-15-24)16-19-29(18-5-1-2-11-26(30)28-31)20-17-23-9-6-8-22-7-3-4-10-25(22)23/h3-4,6-10,12-15,31H,1-2,5,11,16-20H2,(H,28,30). The number of carbonyl (C=O) groups excluding carboxylic acids is 1. The molecule has 0 aliphatic rings. The Hall–Kier alpha value is -2.76. The molecule has 0 heterocycles. The molecule has 5 heteroatoms. The lowest BCUT2D eigenvalue weighted by Gasteiger charge is -2.23. The minimum absolute atomic E-state index is 0.205. The van der Waals surface area contributed by atoms with Gasteiger partial charge in [-0.3, -0.25) is 10.0 Å². The summed E-state index contributed by atoms with van der Waals surface area (Å²) in [5.74, 6) is -0.535. The van der Waals surface area contributed by atoms with E-state index in [0.29, 0.717) is 6.42 Å². The summed E-state index contributed by atoms with van der Waals surface area (Å²) in [5, 5.41) is 11.2. The van der Waals surface area contributed by atoms with Crippen molar-refractivity contribution >= 4 is 16.7 Å². The maximum absolute atomic E-state index is 13.2. The fourth-order valence-corrected chi connectivity index (χ4v) is 3.92. The zero-order valence-electron chi connectivity index (χ0n) is 17.9. The first-order valence-electron chi connectivity index (χ1n) is 11.0. The Morgan fingerprint density at radius 2 is 1.58 bits per heavy atom. The molecule has 31 heavy (non-hydrogen) atoms. The highest BCUT2D eigenvalue weighted by molar-refractivity contribution is 5.85. The van der Waals surface area contributed by atoms with Gasteiger partial charge in [0.05, 0.1) is 0 Å². The number of fused-ring (bicyclic) bond motifs is 1. The van der Waals surface area contributed by atoms with Crippen LogP contribution in [0.15, 0.2) is 66.7 Å². The molecule has 0 aliphatic heterocycles. The first kappa shape index (κ1) is 22.9. The van der Waals surface area contributed by atoms with Crippen LogP contribution in [0.25, 0.3) is 10.8 Å². The van der Waals surface area contributed by atoms with Crippen LogP contribution >= 0.6 is 0 Å². The smallest absolute Gasteiger partial charge is 0.243 e. The third-order valence-corrected chi connectivity index (χ3v) is 5.71. The van der Waals surface area contributed by atoms with Crippen LogP contribution in [0, 0.1) is 5.82 Å². The number of rotatable bonds is 12. The predicted molar refractivity (Wildman–Crippen MR) is 123 cm³/mol. The van der Waals surface area contributed by atoms with E-state index in [4.69, 9.17) is 5.21 Å². The molecule has 0 fully saturated rings. The lowest BCUT2D eigenvalue weighted by molar-refractivity contribution is -0.129. The predicted octanol–water partition coefficient (Wildman–Crippen LogP) is 5.13. The van der Waals surface area contributed by atoms with Crippen LogP contribution in [-0.4, -0.2) is 35.6 Å². The number of nitrogens with one attached hydrogen (secondary N) is 1. The van der Waals surface area contributed by atoms with E-state index in [1.165, 1.54) is 28.5 Å². The summed E-state index contributed by atoms with van der Waals surface area (Å²) < 4.78 is 13.2. The fourth-order valence-electron chi connectivity index (χ4n) is 3.92. The van der Waals surface area contributed by atoms with Crippen molar-refractivity contribution in [2.75, 3.05) is 19.6 Å². The summed E-state index contributed by atoms with van der Waals surface area (Å²) in [4.78, 5) is 13.6. The second-order valence-corrected chi connectivity index (χ2v) is 7.95. The van der Waals surface area contributed by atoms with Gasteiger partial charge in [-0.05, 0) is 66.3 Å². The van der Waals surface area contributed by atoms with Gasteiger partial charge in [-0.1, -0.05) is 61.0 Å². The highest BCUT2D eigenvalue weighted by atomic mass is 19.1. The van der Waals surface area contributed by atoms with Crippen molar-refractivity contribution in [3.63, 3.8) is 0 Å². The summed E-state index contributed by atoms with van der Waals surface area (Å²) in [7, 11) is 0. The highest BCUT2D eigenvalue weighted by Crippen LogP contribution is 2.19. The molecule has 0 bridgehead atoms. The van der Waals surface area contributed by atoms with Crippen LogP contribution in [0.1, 0.15) is 36.8 Å². The van der Waals surface area contributed by atoms with Gasteiger partial charge in [-0.15, -0.1) is 0 Å². The summed E-state index contributed by atoms with van der Waals surface area (Å²) in [6.45, 7) is 2.81. The van der Waals surface area contributed by atoms with Crippen molar-refractivity contribution in [3.8, 4) is 0 Å². The highest BCUT2D eigenvalue weighted by Gasteiger charge is 2.08. The van der Waals surface area contributed by atoms with Crippen molar-refractivity contribution in [3.05, 3.63) is 83.7 Å². The van der Waals surface area contributed by atoms with E-state index in [2.05, 4.69) is 47.4 Å². The third kappa shape index (κ3) is 7.46. The van der Waals surface area contributed by atoms with E-state index in [1.54, 1.807) is 5.48 Å². The number of hydrogen-bond donors (Lipinski definition) is 2. The number of unbranched alkanes of at least 4 members (excludes halogenated alkanes) is 2. The number of benzene rings is 3. The lowest BCUT2D eigenvalue weighted by Crippen LogP contribution is -2.29. The Morgan fingerprint density at radius 1 is 0.839 bits per heavy atom. The van der Waals surface area contributed by atoms with Gasteiger partial charge >= 0.3 is 0 Å². The van der Waals surface area contributed by atoms with E-state index < -0.39 is 0 Å². The molecule has 2 N–H and O–H groups in total. The Kier molecular flexibility index (Phi) is 9.00. The van der Waals surface area contributed by atoms with Crippen molar-refractivity contribution in [1.29, 1.82) is 0 Å². The normalized spacial score (nSPS) is 11.2. The molecule has 0 aliphatic carbocycles. The molecular formula is C26H31FN2O2. The molecule has 4 nitrogen and oxygen atoms in total. The molecule has 0 saturated heterocycles. The molecule has 1 amide bonds. The maximum Gasteiger partial charge on any atom is 0.243 e. The van der Waals surface area contributed by atoms with E-state index in [-0.39, 0.29) is 11.7 Å². The maximum atomic E-state index is 13.2. The lowest BCUT2D eigenvalue weighted by atomic mass is 10.0. The molecule has 164 valence electrons. The molecule has 0 saturated carbocycles. The van der Waals surface area contributed by atoms with Crippen LogP contribution in [0.5, 0.6) is 0 Å². The summed E-state index contributed by atoms with van der Waals surface area (Å²) in [5.41, 5.74) is 4.17. The van der Waals surface area contributed by atoms with Crippen LogP contribution in [0.3, 0.4) is 0 Å². The van der Waals surface area contributed by atoms with Gasteiger partial charge in [0, 0.05) is 19.5 Å². The second kappa shape index (κ2) is 12.2. The molecule has 3 rings (SSSR count). The monoisotopic (exact) mass is 422 g/mol. The number of hydrogen-bond acceptors (Lipinski definition) is 3. The van der Waals surface area contributed by atoms with Gasteiger partial charge in [-0.2, -0.15) is 0 Å². The van der Waals surface area contributed by atoms with Gasteiger partial charge < -0.3 is 4.90 Å². The average molecular weight is 423 g/mol. The number of halogens is 1. The van der Waals surface area contributed by atoms with Crippen molar-refractivity contribution in [2.24, 2.45) is 0 Å². The number of hydroxylamine groups is 1. The van der Waals surface area contributed by atoms with Crippen LogP contribution < -0.4 is 5.48 Å². The topological polar surface area (TPSA) is 52.6 Å². The van der Waals surface area contributed by atoms with Gasteiger partial charge in [0.15, 0.2) is 0 Å². The van der Waals surface area contributed by atoms with Crippen LogP contribution in [0.4, 0.5) is 4.39 Å². The Balaban J connectivity index is 1.57. The zero-order chi connectivity index (χ0) is 21.9. The van der Waals surface area contributed by atoms with Crippen molar-refractivity contribution in [1.82, 2.24) is 10.4 Å². The SMILES string of the molecule is O=C(CCCCCN(CCc1ccc(F)cc1)CCc1cccc2ccccc12)NO. The van der Waals surface area contributed by atoms with E-state index >= 15 is 0 Å². The van der Waals surface area contributed by atoms with Crippen LogP contribution in [-0.2, 0) is 17.6 Å². The first-order chi connectivity index (χ1) is 15.2. The van der Waals surface area contributed by atoms with Gasteiger partial charge in [0.2, 0.25) is 5.91 Å². The summed E-state index contributed by atoms with van der Waals surface area (Å²) in [6.07, 6.45) is 4.90. The minimum atomic E-state index is -0.330. The quantitative estimate of drug-likeness (QED) is 0.242. The van der Waals surface area contributed by atoms with E-state index in [1.807, 2.05) is 12.1 Å². The Labute approximate surface area is 183 Å². The first-order valence-corrected chi connectivity index (χ1v) is 11.0. The summed E-state index contributed by atoms with van der Waals surface area (Å²) in [6, 6.07) is 21.7. The number of nitrogens with zero attached hydrogens (tertiary/aromatic N) is 1. The Morgan fingerprint density at radius 3 is 2.39 bits per heavy atom. The molecule has 3 aromatic rings. The molecule has 0 unspecified atom stereocenters. The second-order valence-electron chi connectivity index (χ2n) is 7.95. The van der Waals surface area contributed by atoms with E-state index in [9.17, 15) is 9.18 Å². The third-order valence-electron chi connectivity index (χ3n) is 5.71. The molecule has 0 radical (unpaired) electrons. The molecule has 0 atom stereocenters. The number of carbonyl (C=O) groups is 1. The largest absolute Gasteiger partial charge is 0.303 e. The van der Waals surface area contributed by atoms with Crippen molar-refractivity contribution in [2.45, 2.75) is 38.5 Å². The zero-order valence-corrected chi connectivity index (χ0v) is 17.9. The van der Waals surface area contributed by atoms with Gasteiger partial charge in [0.25, 0.3) is 0 Å². The molecule has 0 aromatic heterocycles. The molecule has 3 aromatic carbocycles. The molecule has 0 spiro atoms. The van der Waals surface area contributed by atoms with Gasteiger partial charge in [-0.25, -0.2) is 9.87 Å². The van der Waals surface area contributed by atoms with Crippen molar-refractivity contribution < 1.29 is 14.4 Å². The van der Waals surface area contributed by atoms with E-state index in [0.717, 1.165) is 57.3 Å². The Bertz CT molecular complexity index is 954. The average Bonchev–Trinajstić information content (AvgIpc) is 2.81. The minimum Gasteiger partial charge on any atom is -0.303 e. The van der Waals surface area contributed by atoms with Gasteiger partial charge in [0.1, 0.15) is 5.82 Å². The fraction of sp³-hybridized carbons (Fsp3) is 0.346. The van der Waals surface area contributed by atoms with Crippen LogP contribution in [0.2, 0.25) is 0 Å². The summed E-state index contributed by atoms with van der Waals surface area (Å²) >= 11 is 0. The number of amides is 1. The molecular weight excluding hydrogens is 391 g/mol.